The average molecular weight is 352 g/mol. The fraction of sp³-hybridized carbons (Fsp3) is 0.611. The number of likely N-dealkylation sites (N-methyl/N-ethyl adjacent to an activating group) is 1. The van der Waals surface area contributed by atoms with Gasteiger partial charge in [0.2, 0.25) is 5.91 Å². The number of nitrogens with one attached hydrogen (secondary N) is 2. The summed E-state index contributed by atoms with van der Waals surface area (Å²) < 4.78 is 5.89. The van der Waals surface area contributed by atoms with E-state index >= 15 is 0 Å². The summed E-state index contributed by atoms with van der Waals surface area (Å²) in [7, 11) is 0. The van der Waals surface area contributed by atoms with E-state index in [9.17, 15) is 4.79 Å². The second kappa shape index (κ2) is 10.6. The van der Waals surface area contributed by atoms with Gasteiger partial charge in [0.25, 0.3) is 0 Å². The molecule has 1 aromatic rings. The van der Waals surface area contributed by atoms with Gasteiger partial charge in [-0.15, -0.1) is 0 Å². The van der Waals surface area contributed by atoms with E-state index in [0.717, 1.165) is 49.1 Å². The van der Waals surface area contributed by atoms with Crippen LogP contribution in [0.15, 0.2) is 24.3 Å². The molecule has 1 aromatic carbocycles. The van der Waals surface area contributed by atoms with Crippen LogP contribution in [0, 0.1) is 0 Å². The van der Waals surface area contributed by atoms with Crippen LogP contribution in [0.4, 0.5) is 5.69 Å². The second-order valence-corrected chi connectivity index (χ2v) is 7.00. The third kappa shape index (κ3) is 6.34. The van der Waals surface area contributed by atoms with Crippen molar-refractivity contribution < 1.29 is 9.53 Å². The van der Waals surface area contributed by atoms with Crippen molar-refractivity contribution in [3.63, 3.8) is 0 Å². The summed E-state index contributed by atoms with van der Waals surface area (Å²) >= 11 is 1.90. The van der Waals surface area contributed by atoms with Crippen LogP contribution < -0.4 is 15.4 Å². The molecule has 6 heteroatoms. The molecule has 24 heavy (non-hydrogen) atoms. The Morgan fingerprint density at radius 2 is 2.17 bits per heavy atom. The van der Waals surface area contributed by atoms with Crippen LogP contribution in [-0.2, 0) is 4.79 Å². The van der Waals surface area contributed by atoms with Crippen LogP contribution in [0.5, 0.6) is 5.75 Å². The van der Waals surface area contributed by atoms with Gasteiger partial charge in [-0.2, -0.15) is 11.8 Å². The molecular weight excluding hydrogens is 322 g/mol. The summed E-state index contributed by atoms with van der Waals surface area (Å²) in [5.41, 5.74) is 0.755. The van der Waals surface area contributed by atoms with Crippen molar-refractivity contribution >= 4 is 23.4 Å². The maximum Gasteiger partial charge on any atom is 0.226 e. The predicted octanol–water partition coefficient (Wildman–Crippen LogP) is 2.44. The minimum Gasteiger partial charge on any atom is -0.490 e. The number of carbonyl (C=O) groups is 1. The zero-order chi connectivity index (χ0) is 17.2. The Kier molecular flexibility index (Phi) is 8.42. The summed E-state index contributed by atoms with van der Waals surface area (Å²) in [4.78, 5) is 14.6. The lowest BCUT2D eigenvalue weighted by Crippen LogP contribution is -2.39. The first-order chi connectivity index (χ1) is 11.7. The fourth-order valence-electron chi connectivity index (χ4n) is 2.70. The highest BCUT2D eigenvalue weighted by Crippen LogP contribution is 2.24. The molecule has 1 atom stereocenters. The maximum atomic E-state index is 12.3. The van der Waals surface area contributed by atoms with E-state index in [0.29, 0.717) is 13.0 Å². The normalized spacial score (nSPS) is 17.7. The molecule has 0 aliphatic carbocycles. The largest absolute Gasteiger partial charge is 0.490 e. The van der Waals surface area contributed by atoms with Gasteiger partial charge in [-0.3, -0.25) is 4.79 Å². The van der Waals surface area contributed by atoms with E-state index < -0.39 is 0 Å². The van der Waals surface area contributed by atoms with E-state index in [1.54, 1.807) is 0 Å². The SMILES string of the molecule is CCN(CC)CCOc1ccccc1NC(=O)CC1CSCCN1. The number of anilines is 1. The number of amides is 1. The monoisotopic (exact) mass is 351 g/mol. The van der Waals surface area contributed by atoms with Crippen LogP contribution in [0.2, 0.25) is 0 Å². The van der Waals surface area contributed by atoms with Crippen LogP contribution in [0.3, 0.4) is 0 Å². The van der Waals surface area contributed by atoms with Crippen LogP contribution >= 0.6 is 11.8 Å². The molecule has 1 aliphatic heterocycles. The van der Waals surface area contributed by atoms with Crippen molar-refractivity contribution in [1.82, 2.24) is 10.2 Å². The van der Waals surface area contributed by atoms with Gasteiger partial charge in [0.05, 0.1) is 5.69 Å². The maximum absolute atomic E-state index is 12.3. The summed E-state index contributed by atoms with van der Waals surface area (Å²) in [6.45, 7) is 8.82. The highest BCUT2D eigenvalue weighted by Gasteiger charge is 2.17. The minimum atomic E-state index is 0.0368. The molecular formula is C18H29N3O2S. The lowest BCUT2D eigenvalue weighted by atomic mass is 10.2. The molecule has 2 N–H and O–H groups in total. The standard InChI is InChI=1S/C18H29N3O2S/c1-3-21(4-2)10-11-23-17-8-6-5-7-16(17)20-18(22)13-15-14-24-12-9-19-15/h5-8,15,19H,3-4,9-14H2,1-2H3,(H,20,22). The molecule has 5 nitrogen and oxygen atoms in total. The van der Waals surface area contributed by atoms with Crippen molar-refractivity contribution in [2.45, 2.75) is 26.3 Å². The number of para-hydroxylation sites is 2. The topological polar surface area (TPSA) is 53.6 Å². The highest BCUT2D eigenvalue weighted by molar-refractivity contribution is 7.99. The molecule has 0 spiro atoms. The van der Waals surface area contributed by atoms with Crippen molar-refractivity contribution in [2.24, 2.45) is 0 Å². The molecule has 1 aliphatic rings. The Bertz CT molecular complexity index is 503. The Labute approximate surface area is 149 Å². The first-order valence-electron chi connectivity index (χ1n) is 8.78. The molecule has 2 rings (SSSR count). The third-order valence-corrected chi connectivity index (χ3v) is 5.28. The zero-order valence-corrected chi connectivity index (χ0v) is 15.5. The summed E-state index contributed by atoms with van der Waals surface area (Å²) in [6, 6.07) is 7.92. The van der Waals surface area contributed by atoms with Gasteiger partial charge in [0.15, 0.2) is 0 Å². The number of thioether (sulfide) groups is 1. The molecule has 1 amide bonds. The van der Waals surface area contributed by atoms with Crippen molar-refractivity contribution in [3.05, 3.63) is 24.3 Å². The molecule has 0 radical (unpaired) electrons. The molecule has 1 unspecified atom stereocenters. The molecule has 0 saturated carbocycles. The van der Waals surface area contributed by atoms with Gasteiger partial charge in [-0.1, -0.05) is 26.0 Å². The molecule has 0 aromatic heterocycles. The van der Waals surface area contributed by atoms with Crippen molar-refractivity contribution in [1.29, 1.82) is 0 Å². The van der Waals surface area contributed by atoms with Crippen molar-refractivity contribution in [2.75, 3.05) is 49.6 Å². The molecule has 0 bridgehead atoms. The quantitative estimate of drug-likeness (QED) is 0.716. The van der Waals surface area contributed by atoms with E-state index in [4.69, 9.17) is 4.74 Å². The summed E-state index contributed by atoms with van der Waals surface area (Å²) in [5, 5.41) is 6.39. The van der Waals surface area contributed by atoms with Gasteiger partial charge < -0.3 is 20.3 Å². The zero-order valence-electron chi connectivity index (χ0n) is 14.7. The number of nitrogens with zero attached hydrogens (tertiary/aromatic N) is 1. The van der Waals surface area contributed by atoms with Crippen LogP contribution in [-0.4, -0.2) is 61.1 Å². The fourth-order valence-corrected chi connectivity index (χ4v) is 3.65. The van der Waals surface area contributed by atoms with Crippen LogP contribution in [0.25, 0.3) is 0 Å². The number of hydrogen-bond acceptors (Lipinski definition) is 5. The minimum absolute atomic E-state index is 0.0368. The Morgan fingerprint density at radius 3 is 2.88 bits per heavy atom. The van der Waals surface area contributed by atoms with Crippen LogP contribution in [0.1, 0.15) is 20.3 Å². The van der Waals surface area contributed by atoms with Gasteiger partial charge in [0.1, 0.15) is 12.4 Å². The van der Waals surface area contributed by atoms with E-state index in [-0.39, 0.29) is 11.9 Å². The van der Waals surface area contributed by atoms with Crippen molar-refractivity contribution in [3.8, 4) is 5.75 Å². The second-order valence-electron chi connectivity index (χ2n) is 5.85. The van der Waals surface area contributed by atoms with Gasteiger partial charge >= 0.3 is 0 Å². The number of rotatable bonds is 9. The lowest BCUT2D eigenvalue weighted by Gasteiger charge is -2.23. The predicted molar refractivity (Wildman–Crippen MR) is 102 cm³/mol. The molecule has 1 heterocycles. The van der Waals surface area contributed by atoms with E-state index in [1.165, 1.54) is 0 Å². The van der Waals surface area contributed by atoms with Gasteiger partial charge in [-0.05, 0) is 25.2 Å². The lowest BCUT2D eigenvalue weighted by molar-refractivity contribution is -0.116. The molecule has 134 valence electrons. The number of carbonyl (C=O) groups excluding carboxylic acids is 1. The number of ether oxygens (including phenoxy) is 1. The Hall–Kier alpha value is -1.24. The Morgan fingerprint density at radius 1 is 1.38 bits per heavy atom. The van der Waals surface area contributed by atoms with Gasteiger partial charge in [-0.25, -0.2) is 0 Å². The highest BCUT2D eigenvalue weighted by atomic mass is 32.2. The average Bonchev–Trinajstić information content (AvgIpc) is 2.61. The summed E-state index contributed by atoms with van der Waals surface area (Å²) in [5.74, 6) is 2.90. The first-order valence-corrected chi connectivity index (χ1v) is 9.93. The Balaban J connectivity index is 1.84. The number of hydrogen-bond donors (Lipinski definition) is 2. The first kappa shape index (κ1) is 19.1. The van der Waals surface area contributed by atoms with E-state index in [1.807, 2.05) is 36.0 Å². The molecule has 1 fully saturated rings. The smallest absolute Gasteiger partial charge is 0.226 e. The van der Waals surface area contributed by atoms with Gasteiger partial charge in [0, 0.05) is 37.1 Å². The molecule has 1 saturated heterocycles. The number of benzene rings is 1. The third-order valence-electron chi connectivity index (χ3n) is 4.15. The van der Waals surface area contributed by atoms with E-state index in [2.05, 4.69) is 29.4 Å². The summed E-state index contributed by atoms with van der Waals surface area (Å²) in [6.07, 6.45) is 0.501.